The Balaban J connectivity index is 1.84. The second-order valence-electron chi connectivity index (χ2n) is 5.32. The summed E-state index contributed by atoms with van der Waals surface area (Å²) in [6.07, 6.45) is 4.63. The standard InChI is InChI=1S/C14H25N5/c1-11-17-12(5-7-15)10-14(18-11)16-8-6-13-4-3-9-19(13)2/h10,13H,3-9,15H2,1-2H3,(H,16,17,18)/t13-/m0/s1. The lowest BCUT2D eigenvalue weighted by Gasteiger charge is -2.19. The van der Waals surface area contributed by atoms with Crippen molar-refractivity contribution in [2.24, 2.45) is 5.73 Å². The Kier molecular flexibility index (Phi) is 5.10. The van der Waals surface area contributed by atoms with Crippen LogP contribution in [0.5, 0.6) is 0 Å². The van der Waals surface area contributed by atoms with Crippen LogP contribution in [-0.2, 0) is 6.42 Å². The minimum absolute atomic E-state index is 0.628. The number of aryl methyl sites for hydroxylation is 1. The van der Waals surface area contributed by atoms with Crippen molar-refractivity contribution in [1.82, 2.24) is 14.9 Å². The zero-order valence-corrected chi connectivity index (χ0v) is 12.0. The van der Waals surface area contributed by atoms with E-state index < -0.39 is 0 Å². The van der Waals surface area contributed by atoms with Crippen molar-refractivity contribution < 1.29 is 0 Å². The van der Waals surface area contributed by atoms with E-state index in [0.717, 1.165) is 36.3 Å². The first-order chi connectivity index (χ1) is 9.19. The molecule has 0 radical (unpaired) electrons. The quantitative estimate of drug-likeness (QED) is 0.807. The first-order valence-corrected chi connectivity index (χ1v) is 7.18. The van der Waals surface area contributed by atoms with E-state index in [9.17, 15) is 0 Å². The summed E-state index contributed by atoms with van der Waals surface area (Å²) in [5, 5.41) is 3.41. The summed E-state index contributed by atoms with van der Waals surface area (Å²) in [4.78, 5) is 11.3. The zero-order chi connectivity index (χ0) is 13.7. The monoisotopic (exact) mass is 263 g/mol. The molecule has 0 spiro atoms. The van der Waals surface area contributed by atoms with E-state index in [0.29, 0.717) is 6.54 Å². The molecule has 1 fully saturated rings. The van der Waals surface area contributed by atoms with Crippen molar-refractivity contribution in [2.75, 3.05) is 32.0 Å². The Hall–Kier alpha value is -1.20. The topological polar surface area (TPSA) is 67.1 Å². The van der Waals surface area contributed by atoms with Gasteiger partial charge in [0.25, 0.3) is 0 Å². The SMILES string of the molecule is Cc1nc(CCN)cc(NCC[C@@H]2CCCN2C)n1. The van der Waals surface area contributed by atoms with Gasteiger partial charge in [0.05, 0.1) is 0 Å². The Labute approximate surface area is 115 Å². The summed E-state index contributed by atoms with van der Waals surface area (Å²) in [6.45, 7) is 4.75. The van der Waals surface area contributed by atoms with Crippen LogP contribution < -0.4 is 11.1 Å². The number of anilines is 1. The number of likely N-dealkylation sites (tertiary alicyclic amines) is 1. The number of nitrogens with two attached hydrogens (primary N) is 1. The molecule has 3 N–H and O–H groups in total. The van der Waals surface area contributed by atoms with Gasteiger partial charge in [0.2, 0.25) is 0 Å². The first-order valence-electron chi connectivity index (χ1n) is 7.18. The van der Waals surface area contributed by atoms with E-state index in [1.54, 1.807) is 0 Å². The van der Waals surface area contributed by atoms with Crippen LogP contribution in [0.15, 0.2) is 6.07 Å². The highest BCUT2D eigenvalue weighted by Crippen LogP contribution is 2.17. The molecule has 0 unspecified atom stereocenters. The maximum atomic E-state index is 5.57. The molecule has 2 heterocycles. The van der Waals surface area contributed by atoms with E-state index in [1.165, 1.54) is 25.8 Å². The molecule has 19 heavy (non-hydrogen) atoms. The summed E-state index contributed by atoms with van der Waals surface area (Å²) in [5.74, 6) is 1.74. The molecule has 1 aromatic heterocycles. The average Bonchev–Trinajstić information content (AvgIpc) is 2.75. The van der Waals surface area contributed by atoms with Gasteiger partial charge in [-0.15, -0.1) is 0 Å². The van der Waals surface area contributed by atoms with Gasteiger partial charge in [0.15, 0.2) is 0 Å². The lowest BCUT2D eigenvalue weighted by Crippen LogP contribution is -2.27. The van der Waals surface area contributed by atoms with Crippen LogP contribution in [0.3, 0.4) is 0 Å². The Morgan fingerprint density at radius 3 is 3.00 bits per heavy atom. The first kappa shape index (κ1) is 14.2. The van der Waals surface area contributed by atoms with Crippen LogP contribution in [0, 0.1) is 6.92 Å². The van der Waals surface area contributed by atoms with Gasteiger partial charge in [-0.25, -0.2) is 9.97 Å². The minimum Gasteiger partial charge on any atom is -0.370 e. The number of nitrogens with one attached hydrogen (secondary N) is 1. The number of rotatable bonds is 6. The highest BCUT2D eigenvalue weighted by Gasteiger charge is 2.19. The summed E-state index contributed by atoms with van der Waals surface area (Å²) in [6, 6.07) is 2.73. The number of aromatic nitrogens is 2. The van der Waals surface area contributed by atoms with Crippen LogP contribution >= 0.6 is 0 Å². The Bertz CT molecular complexity index is 407. The van der Waals surface area contributed by atoms with Crippen molar-refractivity contribution in [3.63, 3.8) is 0 Å². The molecule has 0 aromatic carbocycles. The molecule has 1 atom stereocenters. The van der Waals surface area contributed by atoms with Gasteiger partial charge < -0.3 is 16.0 Å². The molecule has 1 aliphatic heterocycles. The van der Waals surface area contributed by atoms with Crippen LogP contribution in [0.1, 0.15) is 30.8 Å². The molecule has 0 amide bonds. The van der Waals surface area contributed by atoms with Gasteiger partial charge in [-0.1, -0.05) is 0 Å². The van der Waals surface area contributed by atoms with Crippen molar-refractivity contribution in [1.29, 1.82) is 0 Å². The summed E-state index contributed by atoms with van der Waals surface area (Å²) in [5.41, 5.74) is 6.60. The van der Waals surface area contributed by atoms with Crippen molar-refractivity contribution in [2.45, 2.75) is 38.6 Å². The van der Waals surface area contributed by atoms with Gasteiger partial charge in [-0.3, -0.25) is 0 Å². The highest BCUT2D eigenvalue weighted by molar-refractivity contribution is 5.36. The summed E-state index contributed by atoms with van der Waals surface area (Å²) >= 11 is 0. The fraction of sp³-hybridized carbons (Fsp3) is 0.714. The number of hydrogen-bond acceptors (Lipinski definition) is 5. The summed E-state index contributed by atoms with van der Waals surface area (Å²) in [7, 11) is 2.21. The van der Waals surface area contributed by atoms with Crippen molar-refractivity contribution >= 4 is 5.82 Å². The van der Waals surface area contributed by atoms with Gasteiger partial charge in [0, 0.05) is 30.8 Å². The molecule has 1 aromatic rings. The van der Waals surface area contributed by atoms with Gasteiger partial charge in [-0.05, 0) is 46.3 Å². The molecule has 2 rings (SSSR count). The molecular formula is C14H25N5. The van der Waals surface area contributed by atoms with Crippen LogP contribution in [0.4, 0.5) is 5.82 Å². The predicted octanol–water partition coefficient (Wildman–Crippen LogP) is 1.18. The second kappa shape index (κ2) is 6.82. The van der Waals surface area contributed by atoms with E-state index in [2.05, 4.69) is 27.2 Å². The molecule has 1 aliphatic rings. The average molecular weight is 263 g/mol. The maximum absolute atomic E-state index is 5.57. The van der Waals surface area contributed by atoms with E-state index in [4.69, 9.17) is 5.73 Å². The highest BCUT2D eigenvalue weighted by atomic mass is 15.1. The zero-order valence-electron chi connectivity index (χ0n) is 12.0. The van der Waals surface area contributed by atoms with E-state index >= 15 is 0 Å². The lowest BCUT2D eigenvalue weighted by atomic mass is 10.1. The largest absolute Gasteiger partial charge is 0.370 e. The smallest absolute Gasteiger partial charge is 0.129 e. The fourth-order valence-corrected chi connectivity index (χ4v) is 2.71. The molecule has 0 saturated carbocycles. The van der Waals surface area contributed by atoms with Crippen LogP contribution in [0.2, 0.25) is 0 Å². The van der Waals surface area contributed by atoms with Crippen LogP contribution in [-0.4, -0.2) is 47.6 Å². The molecule has 5 heteroatoms. The number of nitrogens with zero attached hydrogens (tertiary/aromatic N) is 3. The van der Waals surface area contributed by atoms with Gasteiger partial charge in [0.1, 0.15) is 11.6 Å². The normalized spacial score (nSPS) is 19.8. The van der Waals surface area contributed by atoms with Gasteiger partial charge >= 0.3 is 0 Å². The van der Waals surface area contributed by atoms with Crippen molar-refractivity contribution in [3.8, 4) is 0 Å². The minimum atomic E-state index is 0.628. The third-order valence-corrected chi connectivity index (χ3v) is 3.75. The van der Waals surface area contributed by atoms with Gasteiger partial charge in [-0.2, -0.15) is 0 Å². The molecule has 0 bridgehead atoms. The van der Waals surface area contributed by atoms with Crippen molar-refractivity contribution in [3.05, 3.63) is 17.6 Å². The van der Waals surface area contributed by atoms with E-state index in [1.807, 2.05) is 13.0 Å². The third-order valence-electron chi connectivity index (χ3n) is 3.75. The fourth-order valence-electron chi connectivity index (χ4n) is 2.71. The second-order valence-corrected chi connectivity index (χ2v) is 5.32. The molecule has 5 nitrogen and oxygen atoms in total. The molecule has 106 valence electrons. The lowest BCUT2D eigenvalue weighted by molar-refractivity contribution is 0.301. The molecule has 0 aliphatic carbocycles. The summed E-state index contributed by atoms with van der Waals surface area (Å²) < 4.78 is 0. The molecule has 1 saturated heterocycles. The van der Waals surface area contributed by atoms with Crippen LogP contribution in [0.25, 0.3) is 0 Å². The third kappa shape index (κ3) is 4.14. The Morgan fingerprint density at radius 2 is 2.32 bits per heavy atom. The predicted molar refractivity (Wildman–Crippen MR) is 78.3 cm³/mol. The molecular weight excluding hydrogens is 238 g/mol. The number of hydrogen-bond donors (Lipinski definition) is 2. The maximum Gasteiger partial charge on any atom is 0.129 e. The Morgan fingerprint density at radius 1 is 1.47 bits per heavy atom. The van der Waals surface area contributed by atoms with E-state index in [-0.39, 0.29) is 0 Å².